The summed E-state index contributed by atoms with van der Waals surface area (Å²) in [6.45, 7) is 0. The number of hydrogen-bond acceptors (Lipinski definition) is 5. The summed E-state index contributed by atoms with van der Waals surface area (Å²) >= 11 is 6.91. The van der Waals surface area contributed by atoms with Crippen LogP contribution in [-0.2, 0) is 0 Å². The first-order valence-electron chi connectivity index (χ1n) is 6.03. The van der Waals surface area contributed by atoms with Crippen LogP contribution in [0.3, 0.4) is 0 Å². The molecular formula is C14H11Br2N3O2. The first kappa shape index (κ1) is 14.2. The van der Waals surface area contributed by atoms with Crippen molar-refractivity contribution >= 4 is 60.3 Å². The number of fused-ring (bicyclic) bond motifs is 1. The lowest BCUT2D eigenvalue weighted by Gasteiger charge is -2.09. The van der Waals surface area contributed by atoms with Crippen LogP contribution in [0.5, 0.6) is 5.75 Å². The maximum absolute atomic E-state index is 5.87. The predicted molar refractivity (Wildman–Crippen MR) is 90.1 cm³/mol. The second-order valence-electron chi connectivity index (χ2n) is 4.30. The average Bonchev–Trinajstić information content (AvgIpc) is 2.86. The Balaban J connectivity index is 2.00. The van der Waals surface area contributed by atoms with E-state index in [9.17, 15) is 0 Å². The highest BCUT2D eigenvalue weighted by atomic mass is 79.9. The van der Waals surface area contributed by atoms with E-state index < -0.39 is 0 Å². The van der Waals surface area contributed by atoms with Crippen molar-refractivity contribution in [1.29, 1.82) is 0 Å². The SMILES string of the molecule is COc1cc(Nc2nc3c(N)cccc3o2)c(Br)cc1Br. The van der Waals surface area contributed by atoms with Gasteiger partial charge in [-0.15, -0.1) is 0 Å². The third kappa shape index (κ3) is 2.71. The smallest absolute Gasteiger partial charge is 0.300 e. The van der Waals surface area contributed by atoms with E-state index in [-0.39, 0.29) is 0 Å². The van der Waals surface area contributed by atoms with Gasteiger partial charge >= 0.3 is 0 Å². The second kappa shape index (κ2) is 5.57. The highest BCUT2D eigenvalue weighted by Gasteiger charge is 2.12. The molecule has 5 nitrogen and oxygen atoms in total. The molecule has 3 rings (SSSR count). The van der Waals surface area contributed by atoms with Crippen LogP contribution in [0.25, 0.3) is 11.1 Å². The summed E-state index contributed by atoms with van der Waals surface area (Å²) in [5.41, 5.74) is 8.51. The quantitative estimate of drug-likeness (QED) is 0.610. The monoisotopic (exact) mass is 411 g/mol. The van der Waals surface area contributed by atoms with Crippen LogP contribution in [0.15, 0.2) is 43.7 Å². The zero-order chi connectivity index (χ0) is 15.0. The molecule has 3 N–H and O–H groups in total. The number of anilines is 3. The molecule has 0 aliphatic carbocycles. The van der Waals surface area contributed by atoms with Crippen molar-refractivity contribution < 1.29 is 9.15 Å². The third-order valence-corrected chi connectivity index (χ3v) is 4.21. The zero-order valence-corrected chi connectivity index (χ0v) is 14.2. The summed E-state index contributed by atoms with van der Waals surface area (Å²) in [5, 5.41) is 3.11. The van der Waals surface area contributed by atoms with E-state index in [0.717, 1.165) is 14.6 Å². The standard InChI is InChI=1S/C14H11Br2N3O2/c1-20-12-6-10(7(15)5-8(12)16)18-14-19-13-9(17)3-2-4-11(13)21-14/h2-6H,17H2,1H3,(H,18,19). The number of benzene rings is 2. The topological polar surface area (TPSA) is 73.3 Å². The molecule has 0 saturated heterocycles. The average molecular weight is 413 g/mol. The molecule has 0 bridgehead atoms. The number of nitrogen functional groups attached to an aromatic ring is 1. The molecule has 0 fully saturated rings. The van der Waals surface area contributed by atoms with Gasteiger partial charge in [-0.1, -0.05) is 6.07 Å². The van der Waals surface area contributed by atoms with E-state index in [1.165, 1.54) is 0 Å². The molecule has 7 heteroatoms. The number of rotatable bonds is 3. The van der Waals surface area contributed by atoms with Gasteiger partial charge in [-0.2, -0.15) is 4.98 Å². The van der Waals surface area contributed by atoms with Crippen molar-refractivity contribution in [2.75, 3.05) is 18.2 Å². The predicted octanol–water partition coefficient (Wildman–Crippen LogP) is 4.69. The zero-order valence-electron chi connectivity index (χ0n) is 11.0. The molecule has 1 heterocycles. The number of aromatic nitrogens is 1. The van der Waals surface area contributed by atoms with Gasteiger partial charge < -0.3 is 20.2 Å². The Morgan fingerprint density at radius 2 is 2.05 bits per heavy atom. The minimum absolute atomic E-state index is 0.368. The van der Waals surface area contributed by atoms with Gasteiger partial charge in [0.1, 0.15) is 11.3 Å². The van der Waals surface area contributed by atoms with Gasteiger partial charge in [0, 0.05) is 10.5 Å². The van der Waals surface area contributed by atoms with Crippen LogP contribution in [0.1, 0.15) is 0 Å². The Kier molecular flexibility index (Phi) is 3.77. The number of nitrogens with two attached hydrogens (primary N) is 1. The number of oxazole rings is 1. The fraction of sp³-hybridized carbons (Fsp3) is 0.0714. The lowest BCUT2D eigenvalue weighted by atomic mass is 10.3. The molecule has 0 radical (unpaired) electrons. The maximum Gasteiger partial charge on any atom is 0.300 e. The number of para-hydroxylation sites is 1. The van der Waals surface area contributed by atoms with Crippen molar-refractivity contribution in [3.63, 3.8) is 0 Å². The van der Waals surface area contributed by atoms with E-state index in [1.807, 2.05) is 24.3 Å². The summed E-state index contributed by atoms with van der Waals surface area (Å²) in [4.78, 5) is 4.35. The lowest BCUT2D eigenvalue weighted by Crippen LogP contribution is -1.94. The maximum atomic E-state index is 5.87. The lowest BCUT2D eigenvalue weighted by molar-refractivity contribution is 0.412. The largest absolute Gasteiger partial charge is 0.495 e. The Morgan fingerprint density at radius 3 is 2.76 bits per heavy atom. The van der Waals surface area contributed by atoms with Crippen molar-refractivity contribution in [2.45, 2.75) is 0 Å². The van der Waals surface area contributed by atoms with Gasteiger partial charge in [0.25, 0.3) is 6.01 Å². The van der Waals surface area contributed by atoms with Crippen LogP contribution in [0, 0.1) is 0 Å². The van der Waals surface area contributed by atoms with Crippen molar-refractivity contribution in [3.05, 3.63) is 39.3 Å². The highest BCUT2D eigenvalue weighted by molar-refractivity contribution is 9.11. The van der Waals surface area contributed by atoms with Crippen LogP contribution in [-0.4, -0.2) is 12.1 Å². The number of halogens is 2. The van der Waals surface area contributed by atoms with Gasteiger partial charge in [0.15, 0.2) is 5.58 Å². The van der Waals surface area contributed by atoms with Crippen molar-refractivity contribution in [3.8, 4) is 5.75 Å². The highest BCUT2D eigenvalue weighted by Crippen LogP contribution is 2.36. The molecule has 0 spiro atoms. The first-order valence-corrected chi connectivity index (χ1v) is 7.62. The van der Waals surface area contributed by atoms with E-state index in [4.69, 9.17) is 14.9 Å². The molecule has 108 valence electrons. The molecule has 0 saturated carbocycles. The molecule has 0 aliphatic rings. The van der Waals surface area contributed by atoms with Gasteiger partial charge in [0.05, 0.1) is 23.0 Å². The number of nitrogens with zero attached hydrogens (tertiary/aromatic N) is 1. The number of ether oxygens (including phenoxy) is 1. The van der Waals surface area contributed by atoms with Gasteiger partial charge in [0.2, 0.25) is 0 Å². The number of methoxy groups -OCH3 is 1. The van der Waals surface area contributed by atoms with Crippen LogP contribution in [0.2, 0.25) is 0 Å². The first-order chi connectivity index (χ1) is 10.1. The minimum Gasteiger partial charge on any atom is -0.495 e. The normalized spacial score (nSPS) is 10.8. The van der Waals surface area contributed by atoms with Gasteiger partial charge in [-0.3, -0.25) is 0 Å². The Labute approximate surface area is 137 Å². The summed E-state index contributed by atoms with van der Waals surface area (Å²) < 4.78 is 12.6. The molecule has 0 atom stereocenters. The van der Waals surface area contributed by atoms with Crippen LogP contribution in [0.4, 0.5) is 17.4 Å². The molecule has 0 aliphatic heterocycles. The molecule has 3 aromatic rings. The van der Waals surface area contributed by atoms with E-state index in [1.54, 1.807) is 13.2 Å². The van der Waals surface area contributed by atoms with Crippen LogP contribution >= 0.6 is 31.9 Å². The minimum atomic E-state index is 0.368. The molecule has 0 unspecified atom stereocenters. The Morgan fingerprint density at radius 1 is 1.24 bits per heavy atom. The Bertz CT molecular complexity index is 817. The van der Waals surface area contributed by atoms with E-state index in [2.05, 4.69) is 42.2 Å². The van der Waals surface area contributed by atoms with Crippen molar-refractivity contribution in [2.24, 2.45) is 0 Å². The molecular weight excluding hydrogens is 402 g/mol. The fourth-order valence-corrected chi connectivity index (χ4v) is 3.17. The van der Waals surface area contributed by atoms with Crippen molar-refractivity contribution in [1.82, 2.24) is 4.98 Å². The number of nitrogens with one attached hydrogen (secondary N) is 1. The molecule has 21 heavy (non-hydrogen) atoms. The third-order valence-electron chi connectivity index (χ3n) is 2.93. The summed E-state index contributed by atoms with van der Waals surface area (Å²) in [5.74, 6) is 0.705. The molecule has 2 aromatic carbocycles. The summed E-state index contributed by atoms with van der Waals surface area (Å²) in [6, 6.07) is 9.53. The van der Waals surface area contributed by atoms with Crippen LogP contribution < -0.4 is 15.8 Å². The summed E-state index contributed by atoms with van der Waals surface area (Å²) in [6.07, 6.45) is 0. The van der Waals surface area contributed by atoms with Gasteiger partial charge in [-0.05, 0) is 50.1 Å². The van der Waals surface area contributed by atoms with E-state index >= 15 is 0 Å². The molecule has 1 aromatic heterocycles. The molecule has 0 amide bonds. The Hall–Kier alpha value is -1.73. The van der Waals surface area contributed by atoms with Gasteiger partial charge in [-0.25, -0.2) is 0 Å². The summed E-state index contributed by atoms with van der Waals surface area (Å²) in [7, 11) is 1.61. The van der Waals surface area contributed by atoms with E-state index in [0.29, 0.717) is 28.6 Å². The fourth-order valence-electron chi connectivity index (χ4n) is 1.92. The number of hydrogen-bond donors (Lipinski definition) is 2. The second-order valence-corrected chi connectivity index (χ2v) is 6.01.